The average molecular weight is 516 g/mol. The van der Waals surface area contributed by atoms with E-state index in [0.29, 0.717) is 16.7 Å². The number of rotatable bonds is 8. The Kier molecular flexibility index (Phi) is 7.22. The Morgan fingerprint density at radius 1 is 0.919 bits per heavy atom. The maximum atomic E-state index is 13.4. The lowest BCUT2D eigenvalue weighted by atomic mass is 10.2. The maximum absolute atomic E-state index is 13.4. The molecular weight excluding hydrogens is 496 g/mol. The summed E-state index contributed by atoms with van der Waals surface area (Å²) in [6.45, 7) is -0.211. The van der Waals surface area contributed by atoms with Crippen molar-refractivity contribution in [1.82, 2.24) is 19.1 Å². The first-order chi connectivity index (χ1) is 17.6. The highest BCUT2D eigenvalue weighted by molar-refractivity contribution is 5.41. The monoisotopic (exact) mass is 516 g/mol. The molecule has 0 radical (unpaired) electrons. The van der Waals surface area contributed by atoms with E-state index in [4.69, 9.17) is 5.73 Å². The second-order valence-corrected chi connectivity index (χ2v) is 7.89. The Hall–Kier alpha value is -4.68. The summed E-state index contributed by atoms with van der Waals surface area (Å²) >= 11 is 0. The van der Waals surface area contributed by atoms with E-state index in [-0.39, 0.29) is 31.4 Å². The summed E-state index contributed by atoms with van der Waals surface area (Å²) in [6.07, 6.45) is -3.33. The molecule has 0 saturated carbocycles. The fraction of sp³-hybridized carbons (Fsp3) is 0.167. The van der Waals surface area contributed by atoms with Crippen molar-refractivity contribution in [1.29, 1.82) is 0 Å². The van der Waals surface area contributed by atoms with Crippen LogP contribution in [0.4, 0.5) is 29.3 Å². The van der Waals surface area contributed by atoms with Crippen molar-refractivity contribution < 1.29 is 22.3 Å². The second kappa shape index (κ2) is 10.5. The van der Waals surface area contributed by atoms with Gasteiger partial charge in [-0.3, -0.25) is 4.57 Å². The van der Waals surface area contributed by atoms with Crippen molar-refractivity contribution in [3.05, 3.63) is 110 Å². The van der Waals surface area contributed by atoms with Crippen LogP contribution in [0.5, 0.6) is 5.75 Å². The van der Waals surface area contributed by atoms with Gasteiger partial charge in [-0.2, -0.15) is 4.98 Å². The molecule has 4 rings (SSSR count). The third-order valence-electron chi connectivity index (χ3n) is 5.26. The normalized spacial score (nSPS) is 11.4. The molecule has 0 atom stereocenters. The van der Waals surface area contributed by atoms with E-state index < -0.39 is 29.3 Å². The zero-order valence-electron chi connectivity index (χ0n) is 19.1. The molecule has 0 aliphatic carbocycles. The van der Waals surface area contributed by atoms with Crippen molar-refractivity contribution >= 4 is 11.8 Å². The van der Waals surface area contributed by atoms with E-state index >= 15 is 0 Å². The number of nitrogen functional groups attached to an aromatic ring is 1. The summed E-state index contributed by atoms with van der Waals surface area (Å²) in [6, 6.07) is 13.6. The maximum Gasteiger partial charge on any atom is 0.573 e. The summed E-state index contributed by atoms with van der Waals surface area (Å²) in [5.74, 6) is -0.731. The van der Waals surface area contributed by atoms with Gasteiger partial charge in [0.15, 0.2) is 0 Å². The Morgan fingerprint density at radius 3 is 2.16 bits per heavy atom. The first kappa shape index (κ1) is 25.4. The molecule has 13 heteroatoms. The fourth-order valence-electron chi connectivity index (χ4n) is 3.47. The number of nitrogens with one attached hydrogen (secondary N) is 1. The molecule has 37 heavy (non-hydrogen) atoms. The van der Waals surface area contributed by atoms with Gasteiger partial charge in [0.25, 0.3) is 0 Å². The fourth-order valence-corrected chi connectivity index (χ4v) is 3.47. The first-order valence-corrected chi connectivity index (χ1v) is 10.8. The molecular formula is C24H20F4N6O3. The molecule has 0 amide bonds. The van der Waals surface area contributed by atoms with Gasteiger partial charge in [-0.05, 0) is 41.5 Å². The number of hydrogen-bond donors (Lipinski definition) is 2. The molecule has 0 fully saturated rings. The number of aromatic nitrogens is 4. The number of halogens is 4. The Labute approximate surface area is 206 Å². The van der Waals surface area contributed by atoms with Gasteiger partial charge in [-0.1, -0.05) is 30.3 Å². The van der Waals surface area contributed by atoms with Gasteiger partial charge in [-0.25, -0.2) is 23.5 Å². The molecule has 0 saturated heterocycles. The number of ether oxygens (including phenoxy) is 1. The topological polar surface area (TPSA) is 117 Å². The number of hydrogen-bond acceptors (Lipinski definition) is 7. The van der Waals surface area contributed by atoms with E-state index in [1.165, 1.54) is 42.6 Å². The van der Waals surface area contributed by atoms with Crippen LogP contribution < -0.4 is 27.2 Å². The van der Waals surface area contributed by atoms with E-state index in [2.05, 4.69) is 20.0 Å². The highest BCUT2D eigenvalue weighted by Gasteiger charge is 2.31. The molecule has 3 N–H and O–H groups in total. The largest absolute Gasteiger partial charge is 0.573 e. The summed E-state index contributed by atoms with van der Waals surface area (Å²) in [4.78, 5) is 34.1. The lowest BCUT2D eigenvalue weighted by molar-refractivity contribution is -0.274. The Balaban J connectivity index is 1.69. The second-order valence-electron chi connectivity index (χ2n) is 7.89. The van der Waals surface area contributed by atoms with Gasteiger partial charge < -0.3 is 15.8 Å². The summed E-state index contributed by atoms with van der Waals surface area (Å²) in [5, 5.41) is 2.91. The van der Waals surface area contributed by atoms with Gasteiger partial charge in [-0.15, -0.1) is 13.2 Å². The van der Waals surface area contributed by atoms with Crippen LogP contribution in [0.15, 0.2) is 76.4 Å². The van der Waals surface area contributed by atoms with Crippen LogP contribution in [0.2, 0.25) is 0 Å². The first-order valence-electron chi connectivity index (χ1n) is 10.8. The van der Waals surface area contributed by atoms with Crippen LogP contribution in [-0.2, 0) is 19.6 Å². The number of benzene rings is 2. The number of alkyl halides is 3. The molecule has 0 spiro atoms. The van der Waals surface area contributed by atoms with Crippen LogP contribution in [0.3, 0.4) is 0 Å². The minimum absolute atomic E-state index is 0.0794. The minimum atomic E-state index is -4.84. The number of anilines is 2. The lowest BCUT2D eigenvalue weighted by Crippen LogP contribution is -2.43. The predicted molar refractivity (Wildman–Crippen MR) is 126 cm³/mol. The zero-order valence-corrected chi connectivity index (χ0v) is 19.1. The summed E-state index contributed by atoms with van der Waals surface area (Å²) in [7, 11) is 0. The third-order valence-corrected chi connectivity index (χ3v) is 5.26. The third kappa shape index (κ3) is 6.51. The van der Waals surface area contributed by atoms with Gasteiger partial charge in [0.2, 0.25) is 5.95 Å². The van der Waals surface area contributed by atoms with E-state index in [1.54, 1.807) is 12.1 Å². The summed E-state index contributed by atoms with van der Waals surface area (Å²) in [5.41, 5.74) is 5.80. The highest BCUT2D eigenvalue weighted by Crippen LogP contribution is 2.23. The lowest BCUT2D eigenvalue weighted by Gasteiger charge is -2.16. The van der Waals surface area contributed by atoms with Crippen molar-refractivity contribution in [2.75, 3.05) is 11.1 Å². The van der Waals surface area contributed by atoms with Crippen LogP contribution in [0, 0.1) is 5.82 Å². The van der Waals surface area contributed by atoms with E-state index in [1.807, 2.05) is 0 Å². The number of nitrogens with zero attached hydrogens (tertiary/aromatic N) is 4. The van der Waals surface area contributed by atoms with Crippen LogP contribution in [-0.4, -0.2) is 25.5 Å². The minimum Gasteiger partial charge on any atom is -0.406 e. The number of nitrogens with two attached hydrogens (primary N) is 1. The Bertz CT molecular complexity index is 1500. The van der Waals surface area contributed by atoms with Crippen molar-refractivity contribution in [2.45, 2.75) is 26.0 Å². The van der Waals surface area contributed by atoms with Gasteiger partial charge in [0, 0.05) is 18.3 Å². The molecule has 0 aliphatic heterocycles. The molecule has 2 aromatic carbocycles. The van der Waals surface area contributed by atoms with Crippen LogP contribution >= 0.6 is 0 Å². The van der Waals surface area contributed by atoms with E-state index in [0.717, 1.165) is 21.3 Å². The molecule has 0 aliphatic rings. The summed E-state index contributed by atoms with van der Waals surface area (Å²) < 4.78 is 56.6. The molecule has 0 unspecified atom stereocenters. The van der Waals surface area contributed by atoms with Crippen LogP contribution in [0.1, 0.15) is 16.7 Å². The molecule has 0 bridgehead atoms. The van der Waals surface area contributed by atoms with Crippen molar-refractivity contribution in [2.24, 2.45) is 0 Å². The Morgan fingerprint density at radius 2 is 1.54 bits per heavy atom. The zero-order chi connectivity index (χ0) is 26.6. The highest BCUT2D eigenvalue weighted by atomic mass is 19.4. The average Bonchev–Trinajstić information content (AvgIpc) is 2.84. The van der Waals surface area contributed by atoms with Crippen molar-refractivity contribution in [3.8, 4) is 5.75 Å². The number of pyridine rings is 1. The molecule has 192 valence electrons. The standard InChI is InChI=1S/C24H20F4N6O3/c25-18-7-3-15(4-8-18)14-34-22(35)32-21(31-12-17-2-1-11-30-20(17)29)33(23(34)36)13-16-5-9-19(10-6-16)37-24(26,27)28/h1-11H,12-14H2,(H2,29,30)(H,31,32,35). The van der Waals surface area contributed by atoms with Gasteiger partial charge in [0.1, 0.15) is 17.4 Å². The SMILES string of the molecule is Nc1ncccc1CNc1nc(=O)n(Cc2ccc(F)cc2)c(=O)n1Cc1ccc(OC(F)(F)F)cc1. The quantitative estimate of drug-likeness (QED) is 0.346. The molecule has 4 aromatic rings. The smallest absolute Gasteiger partial charge is 0.406 e. The predicted octanol–water partition coefficient (Wildman–Crippen LogP) is 3.13. The van der Waals surface area contributed by atoms with Gasteiger partial charge >= 0.3 is 17.7 Å². The van der Waals surface area contributed by atoms with Crippen molar-refractivity contribution in [3.63, 3.8) is 0 Å². The van der Waals surface area contributed by atoms with E-state index in [9.17, 15) is 27.2 Å². The molecule has 2 aromatic heterocycles. The van der Waals surface area contributed by atoms with Crippen LogP contribution in [0.25, 0.3) is 0 Å². The van der Waals surface area contributed by atoms with Gasteiger partial charge in [0.05, 0.1) is 13.1 Å². The molecule has 2 heterocycles. The molecule has 9 nitrogen and oxygen atoms in total.